The van der Waals surface area contributed by atoms with Gasteiger partial charge in [-0.15, -0.1) is 11.8 Å². The lowest BCUT2D eigenvalue weighted by atomic mass is 10.1. The van der Waals surface area contributed by atoms with Gasteiger partial charge in [-0.2, -0.15) is 0 Å². The van der Waals surface area contributed by atoms with Gasteiger partial charge in [0.1, 0.15) is 11.4 Å². The van der Waals surface area contributed by atoms with E-state index in [1.165, 1.54) is 18.7 Å². The number of ether oxygens (including phenoxy) is 1. The van der Waals surface area contributed by atoms with Crippen LogP contribution in [0.1, 0.15) is 47.1 Å². The molecule has 9 heteroatoms. The quantitative estimate of drug-likeness (QED) is 0.0926. The van der Waals surface area contributed by atoms with Crippen molar-refractivity contribution < 1.29 is 23.9 Å². The number of Topliss-reactive ketones (excluding diaryl/α,β-unsaturated/α-hetero) is 1. The molecule has 0 aliphatic carbocycles. The molecule has 0 bridgehead atoms. The van der Waals surface area contributed by atoms with Crippen LogP contribution in [0.3, 0.4) is 0 Å². The Morgan fingerprint density at radius 2 is 1.50 bits per heavy atom. The number of carbonyl (C=O) groups excluding carboxylic acids is 4. The Labute approximate surface area is 260 Å². The number of amides is 3. The fourth-order valence-electron chi connectivity index (χ4n) is 4.07. The zero-order valence-electron chi connectivity index (χ0n) is 24.6. The van der Waals surface area contributed by atoms with E-state index >= 15 is 0 Å². The van der Waals surface area contributed by atoms with E-state index in [9.17, 15) is 19.2 Å². The highest BCUT2D eigenvalue weighted by atomic mass is 32.2. The van der Waals surface area contributed by atoms with Gasteiger partial charge in [0.15, 0.2) is 5.78 Å². The second-order valence-electron chi connectivity index (χ2n) is 9.75. The Morgan fingerprint density at radius 1 is 0.795 bits per heavy atom. The monoisotopic (exact) mass is 607 g/mol. The molecule has 0 radical (unpaired) electrons. The number of ketones is 1. The third kappa shape index (κ3) is 9.17. The minimum Gasteiger partial charge on any atom is -0.494 e. The lowest BCUT2D eigenvalue weighted by molar-refractivity contribution is -0.115. The van der Waals surface area contributed by atoms with Crippen molar-refractivity contribution in [2.45, 2.75) is 30.9 Å². The molecule has 0 saturated heterocycles. The molecule has 8 nitrogen and oxygen atoms in total. The Morgan fingerprint density at radius 3 is 2.16 bits per heavy atom. The summed E-state index contributed by atoms with van der Waals surface area (Å²) in [5, 5.41) is 8.01. The molecule has 3 N–H and O–H groups in total. The van der Waals surface area contributed by atoms with Crippen molar-refractivity contribution >= 4 is 52.7 Å². The maximum Gasteiger partial charge on any atom is 0.272 e. The van der Waals surface area contributed by atoms with Crippen LogP contribution in [0, 0.1) is 0 Å². The average molecular weight is 608 g/mol. The molecule has 224 valence electrons. The summed E-state index contributed by atoms with van der Waals surface area (Å²) in [7, 11) is 0. The number of nitrogens with one attached hydrogen (secondary N) is 3. The summed E-state index contributed by atoms with van der Waals surface area (Å²) in [5.41, 5.74) is 2.84. The fraction of sp³-hybridized carbons (Fsp3) is 0.143. The smallest absolute Gasteiger partial charge is 0.272 e. The van der Waals surface area contributed by atoms with Gasteiger partial charge in [-0.1, -0.05) is 36.4 Å². The highest BCUT2D eigenvalue weighted by molar-refractivity contribution is 8.00. The van der Waals surface area contributed by atoms with Gasteiger partial charge in [0.25, 0.3) is 11.8 Å². The standard InChI is InChI=1S/C35H33N3O5S/c1-4-43-30-19-13-25(14-20-30)21-32(38-34(41)27-9-6-5-7-10-27)35(42)37-29-11-8-12-31(22-29)44-24(3)33(40)36-28-17-15-26(16-18-28)23(2)39/h5-22,24H,4H2,1-3H3,(H,36,40)(H,37,42)(H,38,41)/b32-21+. The van der Waals surface area contributed by atoms with Crippen LogP contribution < -0.4 is 20.7 Å². The van der Waals surface area contributed by atoms with Crippen molar-refractivity contribution in [3.8, 4) is 5.75 Å². The Balaban J connectivity index is 1.46. The zero-order chi connectivity index (χ0) is 31.5. The predicted molar refractivity (Wildman–Crippen MR) is 175 cm³/mol. The molecule has 1 atom stereocenters. The van der Waals surface area contributed by atoms with Crippen LogP contribution in [-0.4, -0.2) is 35.4 Å². The maximum atomic E-state index is 13.5. The number of hydrogen-bond acceptors (Lipinski definition) is 6. The first-order valence-corrected chi connectivity index (χ1v) is 14.9. The molecule has 44 heavy (non-hydrogen) atoms. The summed E-state index contributed by atoms with van der Waals surface area (Å²) in [6.45, 7) is 5.71. The summed E-state index contributed by atoms with van der Waals surface area (Å²) in [4.78, 5) is 51.5. The summed E-state index contributed by atoms with van der Waals surface area (Å²) in [6, 6.07) is 29.7. The van der Waals surface area contributed by atoms with Gasteiger partial charge in [0.2, 0.25) is 5.91 Å². The predicted octanol–water partition coefficient (Wildman–Crippen LogP) is 6.82. The minimum absolute atomic E-state index is 0.0453. The molecule has 4 aromatic rings. The van der Waals surface area contributed by atoms with Gasteiger partial charge in [-0.25, -0.2) is 0 Å². The van der Waals surface area contributed by atoms with Gasteiger partial charge in [0.05, 0.1) is 11.9 Å². The first kappa shape index (κ1) is 31.8. The molecule has 1 unspecified atom stereocenters. The van der Waals surface area contributed by atoms with Crippen molar-refractivity contribution in [2.24, 2.45) is 0 Å². The van der Waals surface area contributed by atoms with E-state index in [-0.39, 0.29) is 17.4 Å². The molecule has 0 saturated carbocycles. The molecule has 4 aromatic carbocycles. The molecule has 0 aliphatic heterocycles. The van der Waals surface area contributed by atoms with Crippen molar-refractivity contribution in [3.63, 3.8) is 0 Å². The van der Waals surface area contributed by atoms with E-state index in [1.807, 2.05) is 19.1 Å². The SMILES string of the molecule is CCOc1ccc(/C=C(/NC(=O)c2ccccc2)C(=O)Nc2cccc(SC(C)C(=O)Nc3ccc(C(C)=O)cc3)c2)cc1. The first-order chi connectivity index (χ1) is 21.2. The van der Waals surface area contributed by atoms with Gasteiger partial charge in [0, 0.05) is 27.4 Å². The number of carbonyl (C=O) groups is 4. The number of hydrogen-bond donors (Lipinski definition) is 3. The lowest BCUT2D eigenvalue weighted by Gasteiger charge is -2.14. The zero-order valence-corrected chi connectivity index (χ0v) is 25.4. The molecular formula is C35H33N3O5S. The van der Waals surface area contributed by atoms with Crippen LogP contribution in [0.25, 0.3) is 6.08 Å². The molecule has 4 rings (SSSR count). The van der Waals surface area contributed by atoms with E-state index in [0.717, 1.165) is 4.90 Å². The minimum atomic E-state index is -0.509. The second-order valence-corrected chi connectivity index (χ2v) is 11.2. The Hall–Kier alpha value is -5.15. The Bertz CT molecular complexity index is 1650. The summed E-state index contributed by atoms with van der Waals surface area (Å²) >= 11 is 1.33. The number of benzene rings is 4. The van der Waals surface area contributed by atoms with Crippen molar-refractivity contribution in [2.75, 3.05) is 17.2 Å². The van der Waals surface area contributed by atoms with Crippen molar-refractivity contribution in [3.05, 3.63) is 126 Å². The van der Waals surface area contributed by atoms with Gasteiger partial charge >= 0.3 is 0 Å². The average Bonchev–Trinajstić information content (AvgIpc) is 3.02. The van der Waals surface area contributed by atoms with E-state index in [4.69, 9.17) is 4.74 Å². The second kappa shape index (κ2) is 15.4. The van der Waals surface area contributed by atoms with Crippen LogP contribution in [-0.2, 0) is 9.59 Å². The van der Waals surface area contributed by atoms with E-state index in [1.54, 1.807) is 104 Å². The molecule has 0 aromatic heterocycles. The van der Waals surface area contributed by atoms with Crippen LogP contribution in [0.15, 0.2) is 114 Å². The van der Waals surface area contributed by atoms with E-state index < -0.39 is 17.1 Å². The highest BCUT2D eigenvalue weighted by Crippen LogP contribution is 2.27. The van der Waals surface area contributed by atoms with Crippen LogP contribution in [0.4, 0.5) is 11.4 Å². The van der Waals surface area contributed by atoms with Crippen LogP contribution in [0.5, 0.6) is 5.75 Å². The normalized spacial score (nSPS) is 11.7. The summed E-state index contributed by atoms with van der Waals surface area (Å²) in [6.07, 6.45) is 1.60. The fourth-order valence-corrected chi connectivity index (χ4v) is 5.00. The summed E-state index contributed by atoms with van der Waals surface area (Å²) in [5.74, 6) is -0.476. The molecular weight excluding hydrogens is 574 g/mol. The van der Waals surface area contributed by atoms with E-state index in [0.29, 0.717) is 40.4 Å². The molecule has 3 amide bonds. The molecule has 0 aliphatic rings. The van der Waals surface area contributed by atoms with Crippen LogP contribution in [0.2, 0.25) is 0 Å². The number of thioether (sulfide) groups is 1. The molecule has 0 fully saturated rings. The third-order valence-electron chi connectivity index (χ3n) is 6.36. The number of rotatable bonds is 12. The Kier molecular flexibility index (Phi) is 11.1. The van der Waals surface area contributed by atoms with Crippen molar-refractivity contribution in [1.29, 1.82) is 0 Å². The maximum absolute atomic E-state index is 13.5. The van der Waals surface area contributed by atoms with Crippen molar-refractivity contribution in [1.82, 2.24) is 5.32 Å². The first-order valence-electron chi connectivity index (χ1n) is 14.0. The topological polar surface area (TPSA) is 114 Å². The van der Waals surface area contributed by atoms with Gasteiger partial charge < -0.3 is 20.7 Å². The van der Waals surface area contributed by atoms with Gasteiger partial charge in [-0.05, 0) is 99.1 Å². The third-order valence-corrected chi connectivity index (χ3v) is 7.46. The number of anilines is 2. The lowest BCUT2D eigenvalue weighted by Crippen LogP contribution is -2.30. The van der Waals surface area contributed by atoms with E-state index in [2.05, 4.69) is 16.0 Å². The molecule has 0 spiro atoms. The molecule has 0 heterocycles. The highest BCUT2D eigenvalue weighted by Gasteiger charge is 2.18. The summed E-state index contributed by atoms with van der Waals surface area (Å²) < 4.78 is 5.50. The van der Waals surface area contributed by atoms with Crippen LogP contribution >= 0.6 is 11.8 Å². The largest absolute Gasteiger partial charge is 0.494 e. The van der Waals surface area contributed by atoms with Gasteiger partial charge in [-0.3, -0.25) is 19.2 Å².